The van der Waals surface area contributed by atoms with Gasteiger partial charge in [0.05, 0.1) is 51.7 Å². The van der Waals surface area contributed by atoms with Crippen molar-refractivity contribution in [3.8, 4) is 0 Å². The van der Waals surface area contributed by atoms with Crippen LogP contribution >= 0.6 is 47.8 Å². The summed E-state index contributed by atoms with van der Waals surface area (Å²) in [5.41, 5.74) is -0.302. The topological polar surface area (TPSA) is 57.2 Å². The molecule has 0 saturated heterocycles. The van der Waals surface area contributed by atoms with E-state index in [9.17, 15) is 0 Å². The molecule has 0 fully saturated rings. The number of ether oxygens (including phenoxy) is 4. The fourth-order valence-corrected chi connectivity index (χ4v) is 2.75. The summed E-state index contributed by atoms with van der Waals surface area (Å²) in [5.74, 6) is 0. The first-order chi connectivity index (χ1) is 11.7. The molecule has 0 spiro atoms. The van der Waals surface area contributed by atoms with Crippen molar-refractivity contribution in [3.05, 3.63) is 0 Å². The average Bonchev–Trinajstić information content (AvgIpc) is 2.58. The lowest BCUT2D eigenvalue weighted by molar-refractivity contribution is -0.102. The van der Waals surface area contributed by atoms with E-state index in [4.69, 9.17) is 24.1 Å². The molecule has 0 aromatic carbocycles. The summed E-state index contributed by atoms with van der Waals surface area (Å²) < 4.78 is 23.2. The van der Waals surface area contributed by atoms with Crippen molar-refractivity contribution < 1.29 is 24.1 Å². The van der Waals surface area contributed by atoms with Crippen molar-refractivity contribution in [1.82, 2.24) is 0 Å². The first kappa shape index (κ1) is 25.2. The maximum Gasteiger partial charge on any atom is 0.0637 e. The highest BCUT2D eigenvalue weighted by Crippen LogP contribution is 2.21. The van der Waals surface area contributed by atoms with E-state index in [1.54, 1.807) is 0 Å². The number of hydrogen-bond acceptors (Lipinski definition) is 5. The maximum atomic E-state index is 8.81. The van der Waals surface area contributed by atoms with E-state index >= 15 is 0 Å². The Morgan fingerprint density at radius 1 is 0.583 bits per heavy atom. The standard InChI is InChI=1S/C16H31Br3O5/c17-4-9-22-13-16(14-23-10-5-18,15-24-11-6-19)12-21-8-3-1-2-7-20/h20H,1-15H2. The van der Waals surface area contributed by atoms with Gasteiger partial charge >= 0.3 is 0 Å². The van der Waals surface area contributed by atoms with Gasteiger partial charge in [0, 0.05) is 29.2 Å². The van der Waals surface area contributed by atoms with E-state index in [-0.39, 0.29) is 12.0 Å². The summed E-state index contributed by atoms with van der Waals surface area (Å²) in [5, 5.41) is 11.2. The van der Waals surface area contributed by atoms with Crippen molar-refractivity contribution in [2.45, 2.75) is 19.3 Å². The lowest BCUT2D eigenvalue weighted by Crippen LogP contribution is -2.42. The van der Waals surface area contributed by atoms with Gasteiger partial charge in [0.1, 0.15) is 0 Å². The van der Waals surface area contributed by atoms with E-state index in [2.05, 4.69) is 47.8 Å². The fraction of sp³-hybridized carbons (Fsp3) is 1.00. The number of aliphatic hydroxyl groups is 1. The highest BCUT2D eigenvalue weighted by atomic mass is 79.9. The molecule has 0 rings (SSSR count). The monoisotopic (exact) mass is 540 g/mol. The molecule has 0 aromatic rings. The molecular weight excluding hydrogens is 512 g/mol. The van der Waals surface area contributed by atoms with E-state index in [1.165, 1.54) is 0 Å². The third-order valence-electron chi connectivity index (χ3n) is 3.24. The normalized spacial score (nSPS) is 12.0. The van der Waals surface area contributed by atoms with Gasteiger partial charge in [-0.05, 0) is 19.3 Å². The Hall–Kier alpha value is 1.24. The van der Waals surface area contributed by atoms with Crippen molar-refractivity contribution in [2.75, 3.05) is 75.5 Å². The van der Waals surface area contributed by atoms with Crippen LogP contribution in [0.25, 0.3) is 0 Å². The molecule has 0 saturated carbocycles. The molecule has 5 nitrogen and oxygen atoms in total. The minimum atomic E-state index is -0.302. The van der Waals surface area contributed by atoms with Crippen LogP contribution in [0.3, 0.4) is 0 Å². The molecule has 8 heteroatoms. The minimum absolute atomic E-state index is 0.241. The van der Waals surface area contributed by atoms with Gasteiger partial charge in [-0.15, -0.1) is 0 Å². The van der Waals surface area contributed by atoms with Crippen molar-refractivity contribution >= 4 is 47.8 Å². The number of halogens is 3. The summed E-state index contributed by atoms with van der Waals surface area (Å²) >= 11 is 10.1. The lowest BCUT2D eigenvalue weighted by atomic mass is 9.92. The molecule has 146 valence electrons. The molecule has 0 heterocycles. The first-order valence-electron chi connectivity index (χ1n) is 8.34. The van der Waals surface area contributed by atoms with Crippen LogP contribution in [0.4, 0.5) is 0 Å². The number of hydrogen-bond donors (Lipinski definition) is 1. The zero-order valence-corrected chi connectivity index (χ0v) is 19.1. The molecule has 0 bridgehead atoms. The second-order valence-corrected chi connectivity index (χ2v) is 7.94. The van der Waals surface area contributed by atoms with E-state index in [1.807, 2.05) is 0 Å². The first-order valence-corrected chi connectivity index (χ1v) is 11.7. The molecule has 0 unspecified atom stereocenters. The van der Waals surface area contributed by atoms with Gasteiger partial charge in [-0.1, -0.05) is 47.8 Å². The molecule has 0 atom stereocenters. The van der Waals surface area contributed by atoms with Crippen molar-refractivity contribution in [1.29, 1.82) is 0 Å². The fourth-order valence-electron chi connectivity index (χ4n) is 2.06. The Morgan fingerprint density at radius 2 is 1.00 bits per heavy atom. The predicted octanol–water partition coefficient (Wildman–Crippen LogP) is 3.39. The molecule has 0 aliphatic carbocycles. The summed E-state index contributed by atoms with van der Waals surface area (Å²) in [6, 6.07) is 0. The highest BCUT2D eigenvalue weighted by molar-refractivity contribution is 9.09. The molecule has 0 amide bonds. The van der Waals surface area contributed by atoms with Crippen molar-refractivity contribution in [3.63, 3.8) is 0 Å². The molecule has 0 aliphatic heterocycles. The van der Waals surface area contributed by atoms with Gasteiger partial charge < -0.3 is 24.1 Å². The van der Waals surface area contributed by atoms with Gasteiger partial charge in [0.2, 0.25) is 0 Å². The highest BCUT2D eigenvalue weighted by Gasteiger charge is 2.32. The Kier molecular flexibility index (Phi) is 20.0. The largest absolute Gasteiger partial charge is 0.396 e. The smallest absolute Gasteiger partial charge is 0.0637 e. The minimum Gasteiger partial charge on any atom is -0.396 e. The number of unbranched alkanes of at least 4 members (excludes halogenated alkanes) is 2. The summed E-state index contributed by atoms with van der Waals surface area (Å²) in [6.07, 6.45) is 2.75. The van der Waals surface area contributed by atoms with Crippen LogP contribution in [0.15, 0.2) is 0 Å². The van der Waals surface area contributed by atoms with Gasteiger partial charge in [0.25, 0.3) is 0 Å². The zero-order valence-electron chi connectivity index (χ0n) is 14.3. The Bertz CT molecular complexity index is 233. The zero-order chi connectivity index (χ0) is 17.9. The third kappa shape index (κ3) is 14.4. The lowest BCUT2D eigenvalue weighted by Gasteiger charge is -2.33. The van der Waals surface area contributed by atoms with Crippen LogP contribution in [0, 0.1) is 5.41 Å². The van der Waals surface area contributed by atoms with Gasteiger partial charge in [-0.25, -0.2) is 0 Å². The van der Waals surface area contributed by atoms with E-state index in [0.717, 1.165) is 35.3 Å². The van der Waals surface area contributed by atoms with Crippen LogP contribution in [-0.2, 0) is 18.9 Å². The van der Waals surface area contributed by atoms with Gasteiger partial charge in [-0.2, -0.15) is 0 Å². The number of alkyl halides is 3. The SMILES string of the molecule is OCCCCCOCC(COCCBr)(COCCBr)COCCBr. The second kappa shape index (κ2) is 19.0. The second-order valence-electron chi connectivity index (χ2n) is 5.56. The molecule has 0 radical (unpaired) electrons. The molecule has 0 aliphatic rings. The van der Waals surface area contributed by atoms with E-state index in [0.29, 0.717) is 52.9 Å². The van der Waals surface area contributed by atoms with Crippen molar-refractivity contribution in [2.24, 2.45) is 5.41 Å². The summed E-state index contributed by atoms with van der Waals surface area (Å²) in [7, 11) is 0. The van der Waals surface area contributed by atoms with Crippen LogP contribution < -0.4 is 0 Å². The summed E-state index contributed by atoms with van der Waals surface area (Å²) in [6.45, 7) is 5.03. The van der Waals surface area contributed by atoms with Crippen LogP contribution in [-0.4, -0.2) is 80.6 Å². The predicted molar refractivity (Wildman–Crippen MR) is 108 cm³/mol. The van der Waals surface area contributed by atoms with Crippen LogP contribution in [0.1, 0.15) is 19.3 Å². The Balaban J connectivity index is 4.48. The van der Waals surface area contributed by atoms with Gasteiger partial charge in [0.15, 0.2) is 0 Å². The molecular formula is C16H31Br3O5. The van der Waals surface area contributed by atoms with Crippen LogP contribution in [0.2, 0.25) is 0 Å². The summed E-state index contributed by atoms with van der Waals surface area (Å²) in [4.78, 5) is 0. The van der Waals surface area contributed by atoms with Gasteiger partial charge in [-0.3, -0.25) is 0 Å². The van der Waals surface area contributed by atoms with E-state index < -0.39 is 0 Å². The third-order valence-corrected chi connectivity index (χ3v) is 4.22. The molecule has 0 aromatic heterocycles. The number of rotatable bonds is 19. The van der Waals surface area contributed by atoms with Crippen LogP contribution in [0.5, 0.6) is 0 Å². The Morgan fingerprint density at radius 3 is 1.38 bits per heavy atom. The quantitative estimate of drug-likeness (QED) is 0.200. The Labute approximate surface area is 171 Å². The maximum absolute atomic E-state index is 8.81. The molecule has 24 heavy (non-hydrogen) atoms. The average molecular weight is 543 g/mol. The number of aliphatic hydroxyl groups excluding tert-OH is 1. The molecule has 1 N–H and O–H groups in total.